The van der Waals surface area contributed by atoms with Crippen molar-refractivity contribution in [3.05, 3.63) is 44.6 Å². The van der Waals surface area contributed by atoms with Crippen LogP contribution in [0.4, 0.5) is 52.7 Å². The number of hydrogen-bond donors (Lipinski definition) is 0. The van der Waals surface area contributed by atoms with Crippen LogP contribution in [-0.4, -0.2) is 35.9 Å². The SMILES string of the molecule is CC#N.CC#N.CC#N.CC1=C(C)C(C)(OP(=O)([O-])[O-])C(C(F)(F)F)=C1C(F)(F)F.CC1=C(C)C(C)(OP(=O)([O-])[O-])C(C(F)(F)F)=C1C(F)(F)F.[Ru+4]. The second-order valence-corrected chi connectivity index (χ2v) is 12.0. The molecule has 0 saturated carbocycles. The van der Waals surface area contributed by atoms with Crippen molar-refractivity contribution in [3.8, 4) is 18.2 Å². The molecule has 0 heterocycles. The van der Waals surface area contributed by atoms with Crippen LogP contribution in [0.3, 0.4) is 0 Å². The van der Waals surface area contributed by atoms with Gasteiger partial charge in [-0.15, -0.1) is 0 Å². The number of hydrogen-bond acceptors (Lipinski definition) is 11. The van der Waals surface area contributed by atoms with E-state index in [1.807, 2.05) is 0 Å². The van der Waals surface area contributed by atoms with Crippen molar-refractivity contribution in [2.45, 2.75) is 98.2 Å². The van der Waals surface area contributed by atoms with Gasteiger partial charge in [-0.2, -0.15) is 68.5 Å². The maximum absolute atomic E-state index is 13.0. The maximum Gasteiger partial charge on any atom is 4.00 e. The van der Waals surface area contributed by atoms with Gasteiger partial charge in [-0.05, 0) is 63.8 Å². The number of alkyl halides is 12. The monoisotopic (exact) mass is 901 g/mol. The first-order chi connectivity index (χ1) is 22.3. The van der Waals surface area contributed by atoms with Gasteiger partial charge in [-0.3, -0.25) is 0 Å². The Hall–Kier alpha value is -2.57. The summed E-state index contributed by atoms with van der Waals surface area (Å²) in [6, 6.07) is 5.25. The van der Waals surface area contributed by atoms with Crippen molar-refractivity contribution in [1.29, 1.82) is 15.8 Å². The number of phosphoric ester groups is 2. The average molecular weight is 901 g/mol. The summed E-state index contributed by atoms with van der Waals surface area (Å²) in [4.78, 5) is 42.5. The van der Waals surface area contributed by atoms with Crippen LogP contribution in [0.1, 0.15) is 62.3 Å². The Kier molecular flexibility index (Phi) is 21.2. The zero-order valence-corrected chi connectivity index (χ0v) is 31.4. The molecule has 0 amide bonds. The van der Waals surface area contributed by atoms with E-state index >= 15 is 0 Å². The van der Waals surface area contributed by atoms with Gasteiger partial charge in [0.15, 0.2) is 0 Å². The number of rotatable bonds is 4. The molecule has 2 unspecified atom stereocenters. The molecule has 0 radical (unpaired) electrons. The van der Waals surface area contributed by atoms with Crippen LogP contribution >= 0.6 is 15.6 Å². The van der Waals surface area contributed by atoms with E-state index in [0.717, 1.165) is 27.7 Å². The molecule has 0 fully saturated rings. The fourth-order valence-electron chi connectivity index (χ4n) is 4.53. The van der Waals surface area contributed by atoms with Crippen LogP contribution < -0.4 is 19.6 Å². The van der Waals surface area contributed by atoms with Crippen molar-refractivity contribution >= 4 is 15.6 Å². The quantitative estimate of drug-likeness (QED) is 0.173. The van der Waals surface area contributed by atoms with Gasteiger partial charge in [0.2, 0.25) is 0 Å². The predicted molar refractivity (Wildman–Crippen MR) is 143 cm³/mol. The first kappa shape index (κ1) is 56.2. The molecule has 2 aliphatic rings. The molecule has 296 valence electrons. The van der Waals surface area contributed by atoms with Crippen LogP contribution in [0, 0.1) is 34.0 Å². The smallest absolute Gasteiger partial charge is 0.790 e. The zero-order chi connectivity index (χ0) is 42.2. The van der Waals surface area contributed by atoms with E-state index in [0.29, 0.717) is 13.8 Å². The standard InChI is InChI=1S/2C10H11F6O4P.3C2H3N.Ru/c2*1-4-5(2)8(3,20-21(17,18)19)7(10(14,15)16)6(4)9(11,12)13;3*1-2-3;/h2*1-3H3,(H2,17,18,19);3*1H3;/q;;;;;+4/p-4. The Morgan fingerprint density at radius 1 is 0.538 bits per heavy atom. The van der Waals surface area contributed by atoms with E-state index in [1.54, 1.807) is 18.2 Å². The molecule has 2 aliphatic carbocycles. The summed E-state index contributed by atoms with van der Waals surface area (Å²) in [6.45, 7) is 8.41. The molecule has 0 aromatic heterocycles. The molecular weight excluding hydrogens is 873 g/mol. The van der Waals surface area contributed by atoms with Gasteiger partial charge in [0, 0.05) is 20.8 Å². The summed E-state index contributed by atoms with van der Waals surface area (Å²) in [7, 11) is -11.9. The van der Waals surface area contributed by atoms with Crippen LogP contribution in [0.15, 0.2) is 44.6 Å². The summed E-state index contributed by atoms with van der Waals surface area (Å²) in [5, 5.41) is 22.0. The number of allylic oxidation sites excluding steroid dienone is 4. The minimum absolute atomic E-state index is 0. The molecule has 0 spiro atoms. The summed E-state index contributed by atoms with van der Waals surface area (Å²) in [5.74, 6) is 0. The topological polar surface area (TPSA) is 216 Å². The van der Waals surface area contributed by atoms with Gasteiger partial charge >= 0.3 is 44.2 Å². The Bertz CT molecular complexity index is 1500. The first-order valence-corrected chi connectivity index (χ1v) is 15.7. The summed E-state index contributed by atoms with van der Waals surface area (Å²) < 4.78 is 184. The van der Waals surface area contributed by atoms with Crippen molar-refractivity contribution < 1.29 is 110 Å². The summed E-state index contributed by atoms with van der Waals surface area (Å²) in [5.41, 5.74) is -17.6. The molecule has 0 N–H and O–H groups in total. The Labute approximate surface area is 302 Å². The molecular formula is C26H27F12N3O8P2Ru. The number of nitrogens with zero attached hydrogens (tertiary/aromatic N) is 3. The van der Waals surface area contributed by atoms with Gasteiger partial charge in [0.05, 0.1) is 56.1 Å². The minimum atomic E-state index is -5.97. The Balaban J connectivity index is -0.000000355. The minimum Gasteiger partial charge on any atom is -0.790 e. The van der Waals surface area contributed by atoms with Crippen LogP contribution in [0.5, 0.6) is 0 Å². The average Bonchev–Trinajstić information content (AvgIpc) is 3.18. The van der Waals surface area contributed by atoms with Gasteiger partial charge in [0.25, 0.3) is 0 Å². The second kappa shape index (κ2) is 19.7. The van der Waals surface area contributed by atoms with Gasteiger partial charge in [0.1, 0.15) is 11.2 Å². The predicted octanol–water partition coefficient (Wildman–Crippen LogP) is 6.31. The molecule has 0 aromatic rings. The van der Waals surface area contributed by atoms with E-state index in [1.165, 1.54) is 20.8 Å². The summed E-state index contributed by atoms with van der Waals surface area (Å²) in [6.07, 6.45) is -21.8. The second-order valence-electron chi connectivity index (χ2n) is 9.81. The molecule has 0 bridgehead atoms. The molecule has 52 heavy (non-hydrogen) atoms. The normalized spacial score (nSPS) is 20.7. The van der Waals surface area contributed by atoms with Crippen LogP contribution in [0.25, 0.3) is 0 Å². The molecule has 0 saturated heterocycles. The van der Waals surface area contributed by atoms with Crippen molar-refractivity contribution in [1.82, 2.24) is 0 Å². The number of phosphoric acid groups is 2. The van der Waals surface area contributed by atoms with Gasteiger partial charge in [-0.1, -0.05) is 0 Å². The van der Waals surface area contributed by atoms with E-state index in [4.69, 9.17) is 15.8 Å². The van der Waals surface area contributed by atoms with Crippen molar-refractivity contribution in [3.63, 3.8) is 0 Å². The molecule has 2 rings (SSSR count). The van der Waals surface area contributed by atoms with E-state index in [9.17, 15) is 81.4 Å². The maximum atomic E-state index is 13.0. The van der Waals surface area contributed by atoms with Gasteiger partial charge < -0.3 is 37.8 Å². The molecule has 26 heteroatoms. The Morgan fingerprint density at radius 2 is 0.712 bits per heavy atom. The number of halogens is 12. The fourth-order valence-corrected chi connectivity index (χ4v) is 5.88. The Morgan fingerprint density at radius 3 is 0.827 bits per heavy atom. The van der Waals surface area contributed by atoms with E-state index < -0.39 is 96.1 Å². The third kappa shape index (κ3) is 15.4. The third-order valence-electron chi connectivity index (χ3n) is 6.48. The first-order valence-electron chi connectivity index (χ1n) is 12.8. The molecule has 0 aliphatic heterocycles. The molecule has 2 atom stereocenters. The van der Waals surface area contributed by atoms with Crippen molar-refractivity contribution in [2.24, 2.45) is 0 Å². The summed E-state index contributed by atoms with van der Waals surface area (Å²) >= 11 is 0. The largest absolute Gasteiger partial charge is 4.00 e. The fraction of sp³-hybridized carbons (Fsp3) is 0.577. The zero-order valence-electron chi connectivity index (χ0n) is 27.9. The molecule has 11 nitrogen and oxygen atoms in total. The van der Waals surface area contributed by atoms with Crippen molar-refractivity contribution in [2.75, 3.05) is 0 Å². The third-order valence-corrected chi connectivity index (χ3v) is 7.66. The van der Waals surface area contributed by atoms with Gasteiger partial charge in [-0.25, -0.2) is 0 Å². The van der Waals surface area contributed by atoms with Crippen LogP contribution in [-0.2, 0) is 37.7 Å². The molecule has 0 aromatic carbocycles. The number of nitriles is 3. The van der Waals surface area contributed by atoms with E-state index in [2.05, 4.69) is 9.05 Å². The van der Waals surface area contributed by atoms with E-state index in [-0.39, 0.29) is 19.5 Å². The van der Waals surface area contributed by atoms with Crippen LogP contribution in [0.2, 0.25) is 0 Å².